The average Bonchev–Trinajstić information content (AvgIpc) is 2.99. The van der Waals surface area contributed by atoms with Gasteiger partial charge in [-0.1, -0.05) is 43.0 Å². The molecule has 4 amide bonds. The zero-order valence-corrected chi connectivity index (χ0v) is 27.6. The quantitative estimate of drug-likeness (QED) is 0.202. The Balaban J connectivity index is 1.81. The number of aliphatic hydroxyl groups is 2. The fourth-order valence-corrected chi connectivity index (χ4v) is 6.79. The van der Waals surface area contributed by atoms with Crippen molar-refractivity contribution >= 4 is 29.8 Å². The lowest BCUT2D eigenvalue weighted by molar-refractivity contribution is -0.0557. The zero-order valence-electron chi connectivity index (χ0n) is 26.9. The maximum absolute atomic E-state index is 14.5. The van der Waals surface area contributed by atoms with Gasteiger partial charge in [-0.05, 0) is 71.3 Å². The van der Waals surface area contributed by atoms with Crippen LogP contribution in [0, 0.1) is 17.7 Å². The van der Waals surface area contributed by atoms with Crippen molar-refractivity contribution in [3.63, 3.8) is 0 Å². The summed E-state index contributed by atoms with van der Waals surface area (Å²) in [5.41, 5.74) is -2.16. The van der Waals surface area contributed by atoms with Gasteiger partial charge < -0.3 is 40.5 Å². The van der Waals surface area contributed by atoms with Crippen LogP contribution in [-0.2, 0) is 10.3 Å². The number of likely N-dealkylation sites (N-methyl/N-ethyl adjacent to an activating group) is 1. The van der Waals surface area contributed by atoms with E-state index < -0.39 is 53.3 Å². The van der Waals surface area contributed by atoms with Gasteiger partial charge in [0.05, 0.1) is 22.8 Å². The standard InChI is InChI=1S/C32H50ClFN4O7/c1-31(2,3)45-30(43)37(4)20-25(27(39)21-11-6-5-7-12-21)36-28(40)38-18-9-13-22(19-38)32(44,16-10-17-35-29(41)42)23-14-8-15-24(34)26(23)33/h8,14-15,21-22,25,27,35,39,44H,5-7,9-13,16-20H2,1-4H3,(H,36,40)(H,41,42)/t22-,25-,27-,32+/m1/s1. The topological polar surface area (TPSA) is 152 Å². The molecular weight excluding hydrogens is 607 g/mol. The minimum atomic E-state index is -1.64. The first-order valence-corrected chi connectivity index (χ1v) is 16.3. The molecule has 1 aromatic rings. The minimum absolute atomic E-state index is 0.0233. The largest absolute Gasteiger partial charge is 0.465 e. The number of urea groups is 1. The Labute approximate surface area is 270 Å². The summed E-state index contributed by atoms with van der Waals surface area (Å²) in [5.74, 6) is -1.24. The number of piperidine rings is 1. The van der Waals surface area contributed by atoms with Crippen molar-refractivity contribution < 1.29 is 38.8 Å². The first-order valence-electron chi connectivity index (χ1n) is 15.9. The summed E-state index contributed by atoms with van der Waals surface area (Å²) in [6.07, 6.45) is 3.50. The van der Waals surface area contributed by atoms with Crippen LogP contribution in [-0.4, -0.2) is 94.3 Å². The van der Waals surface area contributed by atoms with E-state index in [9.17, 15) is 29.0 Å². The number of carbonyl (C=O) groups is 3. The molecule has 254 valence electrons. The summed E-state index contributed by atoms with van der Waals surface area (Å²) in [7, 11) is 1.57. The summed E-state index contributed by atoms with van der Waals surface area (Å²) in [5, 5.41) is 37.6. The Bertz CT molecular complexity index is 1160. The Hall–Kier alpha value is -2.83. The second kappa shape index (κ2) is 16.1. The number of likely N-dealkylation sites (tertiary alicyclic amines) is 1. The monoisotopic (exact) mass is 656 g/mol. The van der Waals surface area contributed by atoms with E-state index in [1.807, 2.05) is 0 Å². The van der Waals surface area contributed by atoms with Crippen molar-refractivity contribution in [2.24, 2.45) is 11.8 Å². The smallest absolute Gasteiger partial charge is 0.410 e. The van der Waals surface area contributed by atoms with E-state index in [2.05, 4.69) is 10.6 Å². The zero-order chi connectivity index (χ0) is 33.4. The van der Waals surface area contributed by atoms with E-state index in [0.29, 0.717) is 19.4 Å². The van der Waals surface area contributed by atoms with Gasteiger partial charge in [-0.15, -0.1) is 0 Å². The number of hydrogen-bond donors (Lipinski definition) is 5. The normalized spacial score (nSPS) is 20.4. The minimum Gasteiger partial charge on any atom is -0.465 e. The average molecular weight is 657 g/mol. The molecule has 1 heterocycles. The van der Waals surface area contributed by atoms with Gasteiger partial charge in [0.1, 0.15) is 11.4 Å². The molecule has 2 aliphatic rings. The number of nitrogens with one attached hydrogen (secondary N) is 2. The molecule has 3 rings (SSSR count). The van der Waals surface area contributed by atoms with Gasteiger partial charge in [-0.3, -0.25) is 0 Å². The number of carboxylic acid groups (broad SMARTS) is 1. The van der Waals surface area contributed by atoms with Gasteiger partial charge in [0.15, 0.2) is 0 Å². The molecule has 1 saturated heterocycles. The highest BCUT2D eigenvalue weighted by Gasteiger charge is 2.43. The first-order chi connectivity index (χ1) is 21.1. The summed E-state index contributed by atoms with van der Waals surface area (Å²) in [6.45, 7) is 5.93. The van der Waals surface area contributed by atoms with Crippen molar-refractivity contribution in [1.82, 2.24) is 20.4 Å². The summed E-state index contributed by atoms with van der Waals surface area (Å²) >= 11 is 6.34. The summed E-state index contributed by atoms with van der Waals surface area (Å²) in [6, 6.07) is 3.00. The second-order valence-electron chi connectivity index (χ2n) is 13.5. The number of amides is 4. The second-order valence-corrected chi connectivity index (χ2v) is 13.8. The number of nitrogens with zero attached hydrogens (tertiary/aromatic N) is 2. The maximum atomic E-state index is 14.5. The van der Waals surface area contributed by atoms with Crippen molar-refractivity contribution in [2.75, 3.05) is 33.2 Å². The molecule has 0 radical (unpaired) electrons. The molecule has 0 bridgehead atoms. The molecule has 2 fully saturated rings. The third kappa shape index (κ3) is 10.3. The van der Waals surface area contributed by atoms with Crippen LogP contribution in [0.25, 0.3) is 0 Å². The highest BCUT2D eigenvalue weighted by molar-refractivity contribution is 6.31. The van der Waals surface area contributed by atoms with E-state index >= 15 is 0 Å². The van der Waals surface area contributed by atoms with Crippen LogP contribution in [0.2, 0.25) is 5.02 Å². The predicted octanol–water partition coefficient (Wildman–Crippen LogP) is 5.31. The third-order valence-corrected chi connectivity index (χ3v) is 9.23. The van der Waals surface area contributed by atoms with E-state index in [1.54, 1.807) is 38.8 Å². The number of benzene rings is 1. The van der Waals surface area contributed by atoms with Crippen LogP contribution < -0.4 is 10.6 Å². The SMILES string of the molecule is CN(C[C@@H](NC(=O)N1CCC[C@@H]([C@@](O)(CCCNC(=O)O)c2cccc(F)c2Cl)C1)[C@H](O)C1CCCCC1)C(=O)OC(C)(C)C. The highest BCUT2D eigenvalue weighted by Crippen LogP contribution is 2.43. The number of rotatable bonds is 11. The fourth-order valence-electron chi connectivity index (χ4n) is 6.50. The molecule has 11 nitrogen and oxygen atoms in total. The van der Waals surface area contributed by atoms with E-state index in [-0.39, 0.29) is 49.0 Å². The number of aliphatic hydroxyl groups excluding tert-OH is 1. The molecule has 13 heteroatoms. The lowest BCUT2D eigenvalue weighted by Gasteiger charge is -2.44. The molecule has 1 saturated carbocycles. The Morgan fingerprint density at radius 2 is 1.84 bits per heavy atom. The Morgan fingerprint density at radius 1 is 1.16 bits per heavy atom. The summed E-state index contributed by atoms with van der Waals surface area (Å²) in [4.78, 5) is 40.4. The lowest BCUT2D eigenvalue weighted by atomic mass is 9.74. The first kappa shape index (κ1) is 36.6. The van der Waals surface area contributed by atoms with Crippen molar-refractivity contribution in [3.8, 4) is 0 Å². The van der Waals surface area contributed by atoms with Crippen molar-refractivity contribution in [3.05, 3.63) is 34.6 Å². The van der Waals surface area contributed by atoms with Crippen molar-refractivity contribution in [2.45, 2.75) is 102 Å². The van der Waals surface area contributed by atoms with Crippen LogP contribution in [0.4, 0.5) is 18.8 Å². The van der Waals surface area contributed by atoms with Crippen LogP contribution in [0.5, 0.6) is 0 Å². The molecule has 1 aromatic carbocycles. The van der Waals surface area contributed by atoms with E-state index in [1.165, 1.54) is 17.0 Å². The molecule has 5 N–H and O–H groups in total. The van der Waals surface area contributed by atoms with Gasteiger partial charge in [0.25, 0.3) is 0 Å². The Kier molecular flexibility index (Phi) is 13.1. The molecule has 0 spiro atoms. The molecule has 4 atom stereocenters. The number of halogens is 2. The number of ether oxygens (including phenoxy) is 1. The molecule has 1 aliphatic carbocycles. The Morgan fingerprint density at radius 3 is 2.49 bits per heavy atom. The van der Waals surface area contributed by atoms with E-state index in [4.69, 9.17) is 21.4 Å². The van der Waals surface area contributed by atoms with Gasteiger partial charge in [-0.25, -0.2) is 18.8 Å². The summed E-state index contributed by atoms with van der Waals surface area (Å²) < 4.78 is 20.0. The van der Waals surface area contributed by atoms with Gasteiger partial charge >= 0.3 is 18.2 Å². The molecule has 1 aliphatic heterocycles. The predicted molar refractivity (Wildman–Crippen MR) is 169 cm³/mol. The van der Waals surface area contributed by atoms with Crippen LogP contribution >= 0.6 is 11.6 Å². The van der Waals surface area contributed by atoms with Crippen LogP contribution in [0.1, 0.15) is 84.1 Å². The third-order valence-electron chi connectivity index (χ3n) is 8.84. The number of hydrogen-bond acceptors (Lipinski definition) is 6. The number of carbonyl (C=O) groups excluding carboxylic acids is 2. The van der Waals surface area contributed by atoms with E-state index in [0.717, 1.165) is 32.1 Å². The maximum Gasteiger partial charge on any atom is 0.410 e. The lowest BCUT2D eigenvalue weighted by Crippen LogP contribution is -2.58. The fraction of sp³-hybridized carbons (Fsp3) is 0.719. The molecule has 45 heavy (non-hydrogen) atoms. The molecule has 0 aromatic heterocycles. The van der Waals surface area contributed by atoms with Gasteiger partial charge in [0.2, 0.25) is 0 Å². The molecular formula is C32H50ClFN4O7. The van der Waals surface area contributed by atoms with Crippen LogP contribution in [0.3, 0.4) is 0 Å². The van der Waals surface area contributed by atoms with Crippen LogP contribution in [0.15, 0.2) is 18.2 Å². The van der Waals surface area contributed by atoms with Gasteiger partial charge in [-0.2, -0.15) is 0 Å². The highest BCUT2D eigenvalue weighted by atomic mass is 35.5. The van der Waals surface area contributed by atoms with Crippen molar-refractivity contribution in [1.29, 1.82) is 0 Å². The molecule has 0 unspecified atom stereocenters. The van der Waals surface area contributed by atoms with Gasteiger partial charge in [0, 0.05) is 44.7 Å².